The molecule has 1 unspecified atom stereocenters. The van der Waals surface area contributed by atoms with E-state index in [0.717, 1.165) is 5.56 Å². The van der Waals surface area contributed by atoms with E-state index in [9.17, 15) is 4.79 Å². The SMILES string of the molecule is CSc1ccc(C2(COc3cccnc3)CNCCN2C(N)=O)cc1. The van der Waals surface area contributed by atoms with Crippen molar-refractivity contribution in [1.82, 2.24) is 15.2 Å². The summed E-state index contributed by atoms with van der Waals surface area (Å²) in [6.07, 6.45) is 5.39. The van der Waals surface area contributed by atoms with Gasteiger partial charge in [-0.05, 0) is 36.1 Å². The number of hydrogen-bond acceptors (Lipinski definition) is 5. The number of primary amides is 1. The molecule has 3 rings (SSSR count). The largest absolute Gasteiger partial charge is 0.489 e. The molecule has 2 amide bonds. The first-order valence-electron chi connectivity index (χ1n) is 8.11. The highest BCUT2D eigenvalue weighted by atomic mass is 32.2. The molecule has 7 heteroatoms. The molecule has 25 heavy (non-hydrogen) atoms. The van der Waals surface area contributed by atoms with Gasteiger partial charge in [-0.2, -0.15) is 0 Å². The van der Waals surface area contributed by atoms with Gasteiger partial charge in [0.25, 0.3) is 0 Å². The summed E-state index contributed by atoms with van der Waals surface area (Å²) in [6.45, 7) is 2.12. The van der Waals surface area contributed by atoms with Crippen LogP contribution in [-0.4, -0.2) is 48.4 Å². The molecular formula is C18H22N4O2S. The van der Waals surface area contributed by atoms with E-state index in [4.69, 9.17) is 10.5 Å². The Labute approximate surface area is 151 Å². The van der Waals surface area contributed by atoms with Crippen molar-refractivity contribution in [3.05, 3.63) is 54.4 Å². The number of ether oxygens (including phenoxy) is 1. The fourth-order valence-corrected chi connectivity index (χ4v) is 3.53. The number of rotatable bonds is 5. The van der Waals surface area contributed by atoms with Crippen LogP contribution in [0.2, 0.25) is 0 Å². The van der Waals surface area contributed by atoms with Crippen LogP contribution in [0.25, 0.3) is 0 Å². The lowest BCUT2D eigenvalue weighted by Gasteiger charge is -2.46. The summed E-state index contributed by atoms with van der Waals surface area (Å²) in [4.78, 5) is 19.1. The maximum Gasteiger partial charge on any atom is 0.315 e. The van der Waals surface area contributed by atoms with E-state index < -0.39 is 11.6 Å². The number of nitrogens with two attached hydrogens (primary N) is 1. The molecule has 1 saturated heterocycles. The molecule has 0 radical (unpaired) electrons. The molecule has 1 aromatic carbocycles. The van der Waals surface area contributed by atoms with Crippen molar-refractivity contribution in [2.75, 3.05) is 32.5 Å². The Morgan fingerprint density at radius 3 is 2.84 bits per heavy atom. The molecule has 0 aliphatic carbocycles. The molecule has 0 bridgehead atoms. The van der Waals surface area contributed by atoms with Gasteiger partial charge in [0.15, 0.2) is 0 Å². The van der Waals surface area contributed by atoms with Gasteiger partial charge >= 0.3 is 6.03 Å². The molecule has 2 aromatic rings. The lowest BCUT2D eigenvalue weighted by atomic mass is 9.87. The zero-order chi connectivity index (χ0) is 17.7. The zero-order valence-corrected chi connectivity index (χ0v) is 15.0. The minimum atomic E-state index is -0.656. The van der Waals surface area contributed by atoms with E-state index in [1.54, 1.807) is 29.1 Å². The standard InChI is InChI=1S/C18H22N4O2S/c1-25-16-6-4-14(5-7-16)18(12-21-9-10-22(18)17(19)23)13-24-15-3-2-8-20-11-15/h2-8,11,21H,9-10,12-13H2,1H3,(H2,19,23). The van der Waals surface area contributed by atoms with Gasteiger partial charge in [0, 0.05) is 30.7 Å². The lowest BCUT2D eigenvalue weighted by molar-refractivity contribution is 0.0467. The number of hydrogen-bond donors (Lipinski definition) is 2. The maximum atomic E-state index is 12.1. The van der Waals surface area contributed by atoms with Gasteiger partial charge in [0.1, 0.15) is 17.9 Å². The van der Waals surface area contributed by atoms with Crippen LogP contribution in [0.3, 0.4) is 0 Å². The molecule has 6 nitrogen and oxygen atoms in total. The molecule has 3 N–H and O–H groups in total. The molecular weight excluding hydrogens is 336 g/mol. The Hall–Kier alpha value is -2.25. The summed E-state index contributed by atoms with van der Waals surface area (Å²) in [5, 5.41) is 3.37. The average Bonchev–Trinajstić information content (AvgIpc) is 2.67. The Morgan fingerprint density at radius 1 is 1.40 bits per heavy atom. The average molecular weight is 358 g/mol. The number of benzene rings is 1. The molecule has 1 atom stereocenters. The van der Waals surface area contributed by atoms with E-state index in [2.05, 4.69) is 22.4 Å². The summed E-state index contributed by atoms with van der Waals surface area (Å²) in [5.74, 6) is 0.664. The monoisotopic (exact) mass is 358 g/mol. The Kier molecular flexibility index (Phi) is 5.45. The number of urea groups is 1. The predicted molar refractivity (Wildman–Crippen MR) is 98.8 cm³/mol. The van der Waals surface area contributed by atoms with Crippen molar-refractivity contribution in [3.8, 4) is 5.75 Å². The van der Waals surface area contributed by atoms with Crippen LogP contribution >= 0.6 is 11.8 Å². The topological polar surface area (TPSA) is 80.5 Å². The van der Waals surface area contributed by atoms with E-state index in [-0.39, 0.29) is 0 Å². The minimum Gasteiger partial charge on any atom is -0.489 e. The van der Waals surface area contributed by atoms with Crippen molar-refractivity contribution >= 4 is 17.8 Å². The number of carbonyl (C=O) groups is 1. The number of nitrogens with one attached hydrogen (secondary N) is 1. The van der Waals surface area contributed by atoms with Crippen molar-refractivity contribution in [2.45, 2.75) is 10.4 Å². The first kappa shape index (κ1) is 17.6. The quantitative estimate of drug-likeness (QED) is 0.800. The minimum absolute atomic E-state index is 0.299. The third-order valence-electron chi connectivity index (χ3n) is 4.45. The molecule has 0 spiro atoms. The van der Waals surface area contributed by atoms with Gasteiger partial charge in [-0.1, -0.05) is 12.1 Å². The number of carbonyl (C=O) groups excluding carboxylic acids is 1. The van der Waals surface area contributed by atoms with Crippen LogP contribution in [-0.2, 0) is 5.54 Å². The molecule has 1 fully saturated rings. The van der Waals surface area contributed by atoms with Crippen LogP contribution in [0.1, 0.15) is 5.56 Å². The van der Waals surface area contributed by atoms with E-state index in [0.29, 0.717) is 32.0 Å². The Balaban J connectivity index is 1.95. The van der Waals surface area contributed by atoms with Crippen LogP contribution in [0.5, 0.6) is 5.75 Å². The fourth-order valence-electron chi connectivity index (χ4n) is 3.12. The smallest absolute Gasteiger partial charge is 0.315 e. The lowest BCUT2D eigenvalue weighted by Crippen LogP contribution is -2.64. The molecule has 1 aliphatic heterocycles. The second-order valence-electron chi connectivity index (χ2n) is 5.90. The van der Waals surface area contributed by atoms with Crippen molar-refractivity contribution in [2.24, 2.45) is 5.73 Å². The predicted octanol–water partition coefficient (Wildman–Crippen LogP) is 2.06. The third-order valence-corrected chi connectivity index (χ3v) is 5.20. The van der Waals surface area contributed by atoms with Crippen LogP contribution in [0.4, 0.5) is 4.79 Å². The molecule has 1 aromatic heterocycles. The van der Waals surface area contributed by atoms with Crippen molar-refractivity contribution < 1.29 is 9.53 Å². The fraction of sp³-hybridized carbons (Fsp3) is 0.333. The highest BCUT2D eigenvalue weighted by molar-refractivity contribution is 7.98. The number of amides is 2. The van der Waals surface area contributed by atoms with Crippen LogP contribution < -0.4 is 15.8 Å². The summed E-state index contributed by atoms with van der Waals surface area (Å²) in [5.41, 5.74) is 6.04. The van der Waals surface area contributed by atoms with Crippen LogP contribution in [0.15, 0.2) is 53.7 Å². The van der Waals surface area contributed by atoms with Crippen molar-refractivity contribution in [1.29, 1.82) is 0 Å². The normalized spacial score (nSPS) is 20.3. The van der Waals surface area contributed by atoms with Gasteiger partial charge in [-0.15, -0.1) is 11.8 Å². The third kappa shape index (κ3) is 3.72. The van der Waals surface area contributed by atoms with Crippen molar-refractivity contribution in [3.63, 3.8) is 0 Å². The number of piperazine rings is 1. The number of nitrogens with zero attached hydrogens (tertiary/aromatic N) is 2. The molecule has 132 valence electrons. The Bertz CT molecular complexity index is 711. The van der Waals surface area contributed by atoms with Crippen LogP contribution in [0, 0.1) is 0 Å². The molecule has 1 aliphatic rings. The van der Waals surface area contributed by atoms with E-state index in [1.165, 1.54) is 4.90 Å². The summed E-state index contributed by atoms with van der Waals surface area (Å²) < 4.78 is 5.98. The van der Waals surface area contributed by atoms with Gasteiger partial charge < -0.3 is 20.7 Å². The summed E-state index contributed by atoms with van der Waals surface area (Å²) >= 11 is 1.68. The summed E-state index contributed by atoms with van der Waals surface area (Å²) in [6, 6.07) is 11.4. The van der Waals surface area contributed by atoms with E-state index in [1.807, 2.05) is 30.5 Å². The van der Waals surface area contributed by atoms with Gasteiger partial charge in [0.05, 0.1) is 6.20 Å². The molecule has 0 saturated carbocycles. The second kappa shape index (κ2) is 7.76. The summed E-state index contributed by atoms with van der Waals surface area (Å²) in [7, 11) is 0. The highest BCUT2D eigenvalue weighted by Gasteiger charge is 2.43. The maximum absolute atomic E-state index is 12.1. The van der Waals surface area contributed by atoms with Gasteiger partial charge in [-0.25, -0.2) is 4.79 Å². The highest BCUT2D eigenvalue weighted by Crippen LogP contribution is 2.32. The second-order valence-corrected chi connectivity index (χ2v) is 6.78. The number of thioether (sulfide) groups is 1. The van der Waals surface area contributed by atoms with Gasteiger partial charge in [-0.3, -0.25) is 4.98 Å². The number of aromatic nitrogens is 1. The first-order chi connectivity index (χ1) is 12.2. The first-order valence-corrected chi connectivity index (χ1v) is 9.33. The van der Waals surface area contributed by atoms with E-state index >= 15 is 0 Å². The number of pyridine rings is 1. The van der Waals surface area contributed by atoms with Gasteiger partial charge in [0.2, 0.25) is 0 Å². The molecule has 2 heterocycles. The Morgan fingerprint density at radius 2 is 2.20 bits per heavy atom. The zero-order valence-electron chi connectivity index (χ0n) is 14.1.